The molecule has 0 saturated heterocycles. The first kappa shape index (κ1) is 17.2. The van der Waals surface area contributed by atoms with Crippen molar-refractivity contribution in [2.45, 2.75) is 51.0 Å². The van der Waals surface area contributed by atoms with Crippen LogP contribution >= 0.6 is 11.6 Å². The normalized spacial score (nSPS) is 20.8. The molecule has 4 nitrogen and oxygen atoms in total. The molecule has 1 aliphatic rings. The number of nitrogens with one attached hydrogen (secondary N) is 1. The monoisotopic (exact) mass is 346 g/mol. The lowest BCUT2D eigenvalue weighted by Gasteiger charge is -2.26. The van der Waals surface area contributed by atoms with Gasteiger partial charge in [-0.2, -0.15) is 0 Å². The van der Waals surface area contributed by atoms with Gasteiger partial charge in [-0.15, -0.1) is 0 Å². The molecule has 1 saturated carbocycles. The van der Waals surface area contributed by atoms with Crippen molar-refractivity contribution >= 4 is 11.6 Å². The van der Waals surface area contributed by atoms with Crippen LogP contribution in [0.5, 0.6) is 5.75 Å². The summed E-state index contributed by atoms with van der Waals surface area (Å²) in [6.45, 7) is 1.20. The highest BCUT2D eigenvalue weighted by atomic mass is 35.5. The second kappa shape index (κ2) is 8.47. The van der Waals surface area contributed by atoms with Crippen LogP contribution in [0.4, 0.5) is 0 Å². The molecule has 5 heteroatoms. The largest absolute Gasteiger partial charge is 0.489 e. The fourth-order valence-electron chi connectivity index (χ4n) is 3.01. The molecule has 0 amide bonds. The Morgan fingerprint density at radius 1 is 1.21 bits per heavy atom. The van der Waals surface area contributed by atoms with Crippen LogP contribution in [0, 0.1) is 0 Å². The summed E-state index contributed by atoms with van der Waals surface area (Å²) in [6.07, 6.45) is 7.19. The van der Waals surface area contributed by atoms with E-state index in [1.807, 2.05) is 30.3 Å². The number of halogens is 1. The Bertz CT molecular complexity index is 643. The van der Waals surface area contributed by atoms with Crippen LogP contribution in [0.3, 0.4) is 0 Å². The van der Waals surface area contributed by atoms with E-state index in [4.69, 9.17) is 16.3 Å². The molecule has 1 heterocycles. The van der Waals surface area contributed by atoms with Gasteiger partial charge in [0, 0.05) is 41.1 Å². The van der Waals surface area contributed by atoms with Crippen LogP contribution in [0.25, 0.3) is 0 Å². The van der Waals surface area contributed by atoms with E-state index in [1.165, 1.54) is 0 Å². The van der Waals surface area contributed by atoms with E-state index in [0.29, 0.717) is 24.2 Å². The zero-order valence-electron chi connectivity index (χ0n) is 13.6. The van der Waals surface area contributed by atoms with E-state index in [1.54, 1.807) is 12.4 Å². The minimum atomic E-state index is -0.132. The van der Waals surface area contributed by atoms with E-state index in [0.717, 1.165) is 42.6 Å². The highest BCUT2D eigenvalue weighted by Gasteiger charge is 2.19. The first-order valence-electron chi connectivity index (χ1n) is 8.42. The Morgan fingerprint density at radius 2 is 2.04 bits per heavy atom. The molecule has 0 aliphatic heterocycles. The topological polar surface area (TPSA) is 54.4 Å². The van der Waals surface area contributed by atoms with Crippen molar-refractivity contribution in [3.63, 3.8) is 0 Å². The van der Waals surface area contributed by atoms with Crippen molar-refractivity contribution in [2.75, 3.05) is 0 Å². The third-order valence-electron chi connectivity index (χ3n) is 4.42. The fourth-order valence-corrected chi connectivity index (χ4v) is 3.20. The number of pyridine rings is 1. The smallest absolute Gasteiger partial charge is 0.124 e. The fraction of sp³-hybridized carbons (Fsp3) is 0.421. The van der Waals surface area contributed by atoms with Gasteiger partial charge < -0.3 is 15.2 Å². The first-order chi connectivity index (χ1) is 11.7. The van der Waals surface area contributed by atoms with Crippen molar-refractivity contribution in [3.05, 3.63) is 58.9 Å². The van der Waals surface area contributed by atoms with E-state index in [2.05, 4.69) is 10.3 Å². The molecule has 128 valence electrons. The molecule has 1 fully saturated rings. The third-order valence-corrected chi connectivity index (χ3v) is 4.65. The zero-order chi connectivity index (χ0) is 16.8. The van der Waals surface area contributed by atoms with Gasteiger partial charge in [0.2, 0.25) is 0 Å². The number of aliphatic hydroxyl groups excluding tert-OH is 1. The maximum atomic E-state index is 9.60. The molecule has 0 unspecified atom stereocenters. The summed E-state index contributed by atoms with van der Waals surface area (Å²) in [4.78, 5) is 4.10. The first-order valence-corrected chi connectivity index (χ1v) is 8.80. The maximum absolute atomic E-state index is 9.60. The maximum Gasteiger partial charge on any atom is 0.124 e. The highest BCUT2D eigenvalue weighted by Crippen LogP contribution is 2.25. The number of rotatable bonds is 6. The van der Waals surface area contributed by atoms with Gasteiger partial charge in [-0.1, -0.05) is 17.7 Å². The van der Waals surface area contributed by atoms with Crippen LogP contribution in [0.15, 0.2) is 42.7 Å². The minimum absolute atomic E-state index is 0.132. The number of nitrogens with zero attached hydrogens (tertiary/aromatic N) is 1. The van der Waals surface area contributed by atoms with Crippen LogP contribution in [-0.4, -0.2) is 22.2 Å². The van der Waals surface area contributed by atoms with Crippen molar-refractivity contribution < 1.29 is 9.84 Å². The Balaban J connectivity index is 1.60. The molecule has 0 radical (unpaired) electrons. The number of aliphatic hydroxyl groups is 1. The summed E-state index contributed by atoms with van der Waals surface area (Å²) >= 11 is 6.15. The molecule has 1 aliphatic carbocycles. The standard InChI is InChI=1S/C19H23ClN2O2/c20-16-3-8-19(24-13-14-2-1-9-21-11-14)15(10-16)12-22-17-4-6-18(23)7-5-17/h1-3,8-11,17-18,22-23H,4-7,12-13H2. The quantitative estimate of drug-likeness (QED) is 0.837. The van der Waals surface area contributed by atoms with E-state index < -0.39 is 0 Å². The average molecular weight is 347 g/mol. The Hall–Kier alpha value is -1.62. The van der Waals surface area contributed by atoms with Gasteiger partial charge in [0.05, 0.1) is 6.10 Å². The van der Waals surface area contributed by atoms with Gasteiger partial charge in [-0.3, -0.25) is 4.98 Å². The summed E-state index contributed by atoms with van der Waals surface area (Å²) in [7, 11) is 0. The Kier molecular flexibility index (Phi) is 6.07. The predicted molar refractivity (Wildman–Crippen MR) is 95.1 cm³/mol. The molecule has 1 aromatic carbocycles. The van der Waals surface area contributed by atoms with E-state index >= 15 is 0 Å². The lowest BCUT2D eigenvalue weighted by atomic mass is 9.93. The van der Waals surface area contributed by atoms with E-state index in [-0.39, 0.29) is 6.10 Å². The molecule has 24 heavy (non-hydrogen) atoms. The number of aromatic nitrogens is 1. The van der Waals surface area contributed by atoms with Gasteiger partial charge in [0.15, 0.2) is 0 Å². The average Bonchev–Trinajstić information content (AvgIpc) is 2.61. The van der Waals surface area contributed by atoms with Crippen molar-refractivity contribution in [3.8, 4) is 5.75 Å². The molecule has 1 aromatic heterocycles. The lowest BCUT2D eigenvalue weighted by Crippen LogP contribution is -2.34. The number of ether oxygens (including phenoxy) is 1. The van der Waals surface area contributed by atoms with Gasteiger partial charge in [0.1, 0.15) is 12.4 Å². The van der Waals surface area contributed by atoms with Crippen LogP contribution < -0.4 is 10.1 Å². The number of benzene rings is 1. The molecular formula is C19H23ClN2O2. The molecule has 3 rings (SSSR count). The minimum Gasteiger partial charge on any atom is -0.489 e. The molecule has 2 aromatic rings. The second-order valence-electron chi connectivity index (χ2n) is 6.29. The van der Waals surface area contributed by atoms with Crippen LogP contribution in [0.2, 0.25) is 5.02 Å². The number of hydrogen-bond acceptors (Lipinski definition) is 4. The van der Waals surface area contributed by atoms with Crippen molar-refractivity contribution in [1.82, 2.24) is 10.3 Å². The van der Waals surface area contributed by atoms with Gasteiger partial charge in [0.25, 0.3) is 0 Å². The number of hydrogen-bond donors (Lipinski definition) is 2. The molecule has 0 atom stereocenters. The summed E-state index contributed by atoms with van der Waals surface area (Å²) in [6, 6.07) is 10.1. The SMILES string of the molecule is OC1CCC(NCc2cc(Cl)ccc2OCc2cccnc2)CC1. The van der Waals surface area contributed by atoms with Crippen molar-refractivity contribution in [1.29, 1.82) is 0 Å². The summed E-state index contributed by atoms with van der Waals surface area (Å²) in [5.74, 6) is 0.839. The molecule has 0 spiro atoms. The third kappa shape index (κ3) is 4.94. The van der Waals surface area contributed by atoms with Crippen LogP contribution in [0.1, 0.15) is 36.8 Å². The zero-order valence-corrected chi connectivity index (χ0v) is 14.4. The summed E-state index contributed by atoms with van der Waals surface area (Å²) in [5.41, 5.74) is 2.09. The molecule has 2 N–H and O–H groups in total. The van der Waals surface area contributed by atoms with Crippen molar-refractivity contribution in [2.24, 2.45) is 0 Å². The Morgan fingerprint density at radius 3 is 2.79 bits per heavy atom. The van der Waals surface area contributed by atoms with Gasteiger partial charge in [-0.05, 0) is 49.9 Å². The van der Waals surface area contributed by atoms with Gasteiger partial charge >= 0.3 is 0 Å². The second-order valence-corrected chi connectivity index (χ2v) is 6.72. The Labute approximate surface area is 147 Å². The lowest BCUT2D eigenvalue weighted by molar-refractivity contribution is 0.116. The summed E-state index contributed by atoms with van der Waals surface area (Å²) < 4.78 is 5.96. The highest BCUT2D eigenvalue weighted by molar-refractivity contribution is 6.30. The molecule has 0 bridgehead atoms. The summed E-state index contributed by atoms with van der Waals surface area (Å²) in [5, 5.41) is 13.9. The predicted octanol–water partition coefficient (Wildman–Crippen LogP) is 3.71. The van der Waals surface area contributed by atoms with E-state index in [9.17, 15) is 5.11 Å². The van der Waals surface area contributed by atoms with Gasteiger partial charge in [-0.25, -0.2) is 0 Å². The molecular weight excluding hydrogens is 324 g/mol. The van der Waals surface area contributed by atoms with Crippen LogP contribution in [-0.2, 0) is 13.2 Å².